The van der Waals surface area contributed by atoms with Gasteiger partial charge < -0.3 is 24.6 Å². The Bertz CT molecular complexity index is 1280. The molecule has 0 unspecified atom stereocenters. The Balaban J connectivity index is 1.13. The molecule has 43 heavy (non-hydrogen) atoms. The maximum Gasteiger partial charge on any atom is 0.410 e. The van der Waals surface area contributed by atoms with Crippen LogP contribution in [0.3, 0.4) is 0 Å². The van der Waals surface area contributed by atoms with E-state index >= 15 is 0 Å². The Morgan fingerprint density at radius 2 is 1.84 bits per heavy atom. The van der Waals surface area contributed by atoms with Crippen molar-refractivity contribution >= 4 is 23.5 Å². The summed E-state index contributed by atoms with van der Waals surface area (Å²) in [6, 6.07) is 4.08. The maximum absolute atomic E-state index is 13.6. The normalized spacial score (nSPS) is 22.4. The number of hydrogen-bond donors (Lipinski definition) is 1. The minimum atomic E-state index is -0.857. The number of hydrogen-bond acceptors (Lipinski definition) is 8. The van der Waals surface area contributed by atoms with Gasteiger partial charge in [0.1, 0.15) is 11.0 Å². The van der Waals surface area contributed by atoms with E-state index in [0.717, 1.165) is 56.7 Å². The van der Waals surface area contributed by atoms with Crippen molar-refractivity contribution in [1.82, 2.24) is 19.9 Å². The molecule has 0 spiro atoms. The summed E-state index contributed by atoms with van der Waals surface area (Å²) in [5.74, 6) is 1.29. The standard InChI is InChI=1S/C33H46N6O4/c1-32(2,3)43-31(41)39(19-23-8-6-9-23)26-12-7-15-38(20-26)25-13-14-28(35-16-25)33(21-42-22-33)30(40)37-29-18-34-17-27(36-29)24-10-4-5-11-24/h13-14,16-18,23-24,26H,4-12,15,19-22H2,1-3H3,(H,36,37,40)/t26-/m1/s1. The van der Waals surface area contributed by atoms with Crippen molar-refractivity contribution in [3.8, 4) is 0 Å². The monoisotopic (exact) mass is 590 g/mol. The molecule has 10 heteroatoms. The zero-order valence-corrected chi connectivity index (χ0v) is 25.9. The van der Waals surface area contributed by atoms with Crippen molar-refractivity contribution in [2.45, 2.75) is 102 Å². The third-order valence-corrected chi connectivity index (χ3v) is 9.55. The highest BCUT2D eigenvalue weighted by Crippen LogP contribution is 2.36. The predicted molar refractivity (Wildman–Crippen MR) is 164 cm³/mol. The van der Waals surface area contributed by atoms with Gasteiger partial charge in [-0.15, -0.1) is 0 Å². The first-order valence-electron chi connectivity index (χ1n) is 16.1. The molecule has 0 radical (unpaired) electrons. The molecule has 2 saturated carbocycles. The first kappa shape index (κ1) is 29.8. The molecule has 1 atom stereocenters. The summed E-state index contributed by atoms with van der Waals surface area (Å²) in [4.78, 5) is 45.0. The number of anilines is 2. The molecule has 4 fully saturated rings. The third kappa shape index (κ3) is 6.64. The van der Waals surface area contributed by atoms with Gasteiger partial charge in [-0.05, 0) is 77.3 Å². The lowest BCUT2D eigenvalue weighted by molar-refractivity contribution is -0.140. The molecule has 0 aromatic carbocycles. The molecule has 1 N–H and O–H groups in total. The highest BCUT2D eigenvalue weighted by molar-refractivity contribution is 5.99. The summed E-state index contributed by atoms with van der Waals surface area (Å²) < 4.78 is 11.4. The maximum atomic E-state index is 13.6. The molecule has 232 valence electrons. The Morgan fingerprint density at radius 3 is 2.47 bits per heavy atom. The second kappa shape index (κ2) is 12.4. The fraction of sp³-hybridized carbons (Fsp3) is 0.667. The predicted octanol–water partition coefficient (Wildman–Crippen LogP) is 5.44. The van der Waals surface area contributed by atoms with Crippen molar-refractivity contribution in [3.05, 3.63) is 42.1 Å². The van der Waals surface area contributed by atoms with Crippen molar-refractivity contribution in [2.75, 3.05) is 43.1 Å². The van der Waals surface area contributed by atoms with E-state index in [4.69, 9.17) is 19.4 Å². The van der Waals surface area contributed by atoms with Crippen LogP contribution in [-0.4, -0.2) is 76.3 Å². The molecule has 10 nitrogen and oxygen atoms in total. The molecule has 4 aliphatic rings. The van der Waals surface area contributed by atoms with Gasteiger partial charge in [0.15, 0.2) is 5.82 Å². The summed E-state index contributed by atoms with van der Waals surface area (Å²) in [6.07, 6.45) is 15.3. The molecule has 2 aromatic rings. The number of rotatable bonds is 8. The number of carbonyl (C=O) groups excluding carboxylic acids is 2. The number of pyridine rings is 1. The second-order valence-electron chi connectivity index (χ2n) is 13.9. The van der Waals surface area contributed by atoms with E-state index in [1.54, 1.807) is 6.20 Å². The van der Waals surface area contributed by atoms with E-state index in [2.05, 4.69) is 15.2 Å². The number of nitrogens with zero attached hydrogens (tertiary/aromatic N) is 5. The van der Waals surface area contributed by atoms with Gasteiger partial charge in [0, 0.05) is 31.7 Å². The van der Waals surface area contributed by atoms with E-state index < -0.39 is 11.0 Å². The average molecular weight is 591 g/mol. The molecule has 4 heterocycles. The number of piperidine rings is 1. The van der Waals surface area contributed by atoms with Gasteiger partial charge in [-0.3, -0.25) is 14.8 Å². The molecular formula is C33H46N6O4. The van der Waals surface area contributed by atoms with Crippen LogP contribution in [0.1, 0.15) is 95.9 Å². The highest BCUT2D eigenvalue weighted by atomic mass is 16.6. The van der Waals surface area contributed by atoms with Crippen molar-refractivity contribution in [2.24, 2.45) is 5.92 Å². The lowest BCUT2D eigenvalue weighted by atomic mass is 9.81. The zero-order valence-electron chi connectivity index (χ0n) is 25.9. The van der Waals surface area contributed by atoms with Crippen LogP contribution in [0.15, 0.2) is 30.7 Å². The van der Waals surface area contributed by atoms with Crippen LogP contribution in [0.4, 0.5) is 16.3 Å². The molecule has 2 amide bonds. The lowest BCUT2D eigenvalue weighted by Gasteiger charge is -2.43. The summed E-state index contributed by atoms with van der Waals surface area (Å²) >= 11 is 0. The summed E-state index contributed by atoms with van der Waals surface area (Å²) in [5.41, 5.74) is 1.25. The first-order valence-corrected chi connectivity index (χ1v) is 16.1. The first-order chi connectivity index (χ1) is 20.7. The van der Waals surface area contributed by atoms with Crippen LogP contribution < -0.4 is 10.2 Å². The molecule has 2 aliphatic carbocycles. The fourth-order valence-electron chi connectivity index (χ4n) is 6.74. The summed E-state index contributed by atoms with van der Waals surface area (Å²) in [6.45, 7) is 8.72. The summed E-state index contributed by atoms with van der Waals surface area (Å²) in [7, 11) is 0. The van der Waals surface area contributed by atoms with E-state index in [1.165, 1.54) is 32.1 Å². The number of aromatic nitrogens is 3. The van der Waals surface area contributed by atoms with Crippen molar-refractivity contribution in [3.63, 3.8) is 0 Å². The van der Waals surface area contributed by atoms with Crippen LogP contribution in [0, 0.1) is 5.92 Å². The van der Waals surface area contributed by atoms with Gasteiger partial charge in [-0.25, -0.2) is 9.78 Å². The number of nitrogens with one attached hydrogen (secondary N) is 1. The van der Waals surface area contributed by atoms with Gasteiger partial charge in [0.2, 0.25) is 5.91 Å². The number of carbonyl (C=O) groups is 2. The van der Waals surface area contributed by atoms with E-state index in [0.29, 0.717) is 23.3 Å². The lowest BCUT2D eigenvalue weighted by Crippen LogP contribution is -2.56. The fourth-order valence-corrected chi connectivity index (χ4v) is 6.74. The Labute approximate surface area is 255 Å². The number of amides is 2. The molecule has 6 rings (SSSR count). The van der Waals surface area contributed by atoms with E-state index in [9.17, 15) is 9.59 Å². The van der Waals surface area contributed by atoms with E-state index in [-0.39, 0.29) is 31.3 Å². The van der Waals surface area contributed by atoms with Gasteiger partial charge in [0.25, 0.3) is 0 Å². The molecule has 2 aromatic heterocycles. The van der Waals surface area contributed by atoms with Crippen molar-refractivity contribution < 1.29 is 19.1 Å². The van der Waals surface area contributed by atoms with Gasteiger partial charge in [-0.1, -0.05) is 19.3 Å². The molecule has 0 bridgehead atoms. The highest BCUT2D eigenvalue weighted by Gasteiger charge is 2.49. The average Bonchev–Trinajstić information content (AvgIpc) is 3.47. The Morgan fingerprint density at radius 1 is 1.05 bits per heavy atom. The van der Waals surface area contributed by atoms with Gasteiger partial charge in [-0.2, -0.15) is 0 Å². The second-order valence-corrected chi connectivity index (χ2v) is 13.9. The van der Waals surface area contributed by atoms with Crippen LogP contribution >= 0.6 is 0 Å². The molecule has 2 aliphatic heterocycles. The Hall–Kier alpha value is -3.27. The minimum Gasteiger partial charge on any atom is -0.444 e. The van der Waals surface area contributed by atoms with Crippen LogP contribution in [-0.2, 0) is 19.7 Å². The van der Waals surface area contributed by atoms with Crippen LogP contribution in [0.2, 0.25) is 0 Å². The topological polar surface area (TPSA) is 110 Å². The van der Waals surface area contributed by atoms with Crippen LogP contribution in [0.5, 0.6) is 0 Å². The smallest absolute Gasteiger partial charge is 0.410 e. The Kier molecular flexibility index (Phi) is 8.58. The molecule has 2 saturated heterocycles. The SMILES string of the molecule is CC(C)(C)OC(=O)N(CC1CCC1)[C@@H]1CCCN(c2ccc(C3(C(=O)Nc4cncc(C5CCCC5)n4)COC3)nc2)C1. The van der Waals surface area contributed by atoms with Gasteiger partial charge >= 0.3 is 6.09 Å². The van der Waals surface area contributed by atoms with Gasteiger partial charge in [0.05, 0.1) is 48.7 Å². The zero-order chi connectivity index (χ0) is 30.0. The molecular weight excluding hydrogens is 544 g/mol. The van der Waals surface area contributed by atoms with E-state index in [1.807, 2.05) is 50.2 Å². The summed E-state index contributed by atoms with van der Waals surface area (Å²) in [5, 5.41) is 3.00. The van der Waals surface area contributed by atoms with Crippen LogP contribution in [0.25, 0.3) is 0 Å². The largest absolute Gasteiger partial charge is 0.444 e. The minimum absolute atomic E-state index is 0.0853. The number of ether oxygens (including phenoxy) is 2. The van der Waals surface area contributed by atoms with Crippen molar-refractivity contribution in [1.29, 1.82) is 0 Å². The quantitative estimate of drug-likeness (QED) is 0.433. The third-order valence-electron chi connectivity index (χ3n) is 9.55.